The first-order valence-corrected chi connectivity index (χ1v) is 17.7. The van der Waals surface area contributed by atoms with Gasteiger partial charge in [0.1, 0.15) is 22.2 Å². The smallest absolute Gasteiger partial charge is 0.161 e. The second-order valence-electron chi connectivity index (χ2n) is 13.4. The van der Waals surface area contributed by atoms with Crippen LogP contribution >= 0.6 is 0 Å². The molecule has 0 spiro atoms. The minimum Gasteiger partial charge on any atom is -0.454 e. The quantitative estimate of drug-likeness (QED) is 0.169. The third kappa shape index (κ3) is 4.64. The molecule has 0 aliphatic carbocycles. The molecule has 0 radical (unpaired) electrons. The molecule has 7 aromatic carbocycles. The highest BCUT2D eigenvalue weighted by molar-refractivity contribution is 6.15. The summed E-state index contributed by atoms with van der Waals surface area (Å²) in [6.07, 6.45) is 3.73. The van der Waals surface area contributed by atoms with Crippen molar-refractivity contribution < 1.29 is 8.83 Å². The Morgan fingerprint density at radius 1 is 0.396 bits per heavy atom. The molecule has 248 valence electrons. The van der Waals surface area contributed by atoms with Gasteiger partial charge in [-0.3, -0.25) is 9.97 Å². The van der Waals surface area contributed by atoms with Crippen LogP contribution in [0.25, 0.3) is 87.9 Å². The molecule has 0 atom stereocenters. The summed E-state index contributed by atoms with van der Waals surface area (Å²) in [7, 11) is 0. The van der Waals surface area contributed by atoms with Gasteiger partial charge in [-0.25, -0.2) is 0 Å². The van der Waals surface area contributed by atoms with Crippen molar-refractivity contribution >= 4 is 82.7 Å². The maximum absolute atomic E-state index is 6.35. The van der Waals surface area contributed by atoms with E-state index < -0.39 is 0 Å². The highest BCUT2D eigenvalue weighted by Gasteiger charge is 2.20. The monoisotopic (exact) mass is 679 g/mol. The number of nitrogens with zero attached hydrogens (tertiary/aromatic N) is 3. The molecule has 0 N–H and O–H groups in total. The molecule has 0 bridgehead atoms. The van der Waals surface area contributed by atoms with Gasteiger partial charge in [0.05, 0.1) is 5.69 Å². The number of benzene rings is 7. The van der Waals surface area contributed by atoms with Crippen LogP contribution in [-0.4, -0.2) is 9.97 Å². The minimum atomic E-state index is 0.795. The van der Waals surface area contributed by atoms with Gasteiger partial charge in [0.2, 0.25) is 0 Å². The second-order valence-corrected chi connectivity index (χ2v) is 13.4. The summed E-state index contributed by atoms with van der Waals surface area (Å²) >= 11 is 0. The normalized spacial score (nSPS) is 11.8. The summed E-state index contributed by atoms with van der Waals surface area (Å²) in [4.78, 5) is 11.7. The predicted octanol–water partition coefficient (Wildman–Crippen LogP) is 13.4. The average Bonchev–Trinajstić information content (AvgIpc) is 3.80. The molecule has 5 heteroatoms. The third-order valence-electron chi connectivity index (χ3n) is 10.4. The molecule has 0 aliphatic heterocycles. The van der Waals surface area contributed by atoms with Crippen molar-refractivity contribution in [2.45, 2.75) is 0 Å². The fraction of sp³-hybridized carbons (Fsp3) is 0. The van der Waals surface area contributed by atoms with Crippen LogP contribution in [0.4, 0.5) is 17.1 Å². The highest BCUT2D eigenvalue weighted by atomic mass is 16.3. The van der Waals surface area contributed by atoms with E-state index in [0.717, 1.165) is 83.5 Å². The lowest BCUT2D eigenvalue weighted by molar-refractivity contribution is 0.669. The minimum absolute atomic E-state index is 0.795. The van der Waals surface area contributed by atoms with Crippen LogP contribution in [0.5, 0.6) is 0 Å². The lowest BCUT2D eigenvalue weighted by Gasteiger charge is -2.28. The Morgan fingerprint density at radius 3 is 1.40 bits per heavy atom. The molecule has 4 aromatic heterocycles. The van der Waals surface area contributed by atoms with Crippen LogP contribution in [0.1, 0.15) is 0 Å². The molecule has 0 unspecified atom stereocenters. The number of aromatic nitrogens is 2. The number of anilines is 3. The molecule has 0 aliphatic rings. The van der Waals surface area contributed by atoms with Crippen LogP contribution in [0, 0.1) is 0 Å². The van der Waals surface area contributed by atoms with Gasteiger partial charge in [-0.1, -0.05) is 97.1 Å². The summed E-state index contributed by atoms with van der Waals surface area (Å²) in [5.74, 6) is 0. The van der Waals surface area contributed by atoms with Crippen LogP contribution < -0.4 is 4.90 Å². The van der Waals surface area contributed by atoms with Gasteiger partial charge >= 0.3 is 0 Å². The predicted molar refractivity (Wildman–Crippen MR) is 217 cm³/mol. The molecule has 0 saturated carbocycles. The molecule has 4 heterocycles. The van der Waals surface area contributed by atoms with Gasteiger partial charge in [-0.15, -0.1) is 0 Å². The molecule has 11 rings (SSSR count). The zero-order valence-electron chi connectivity index (χ0n) is 28.4. The molecular formula is C48H29N3O2. The van der Waals surface area contributed by atoms with Crippen molar-refractivity contribution in [1.82, 2.24) is 9.97 Å². The summed E-state index contributed by atoms with van der Waals surface area (Å²) < 4.78 is 12.7. The van der Waals surface area contributed by atoms with Gasteiger partial charge in [0, 0.05) is 51.1 Å². The Balaban J connectivity index is 1.07. The third-order valence-corrected chi connectivity index (χ3v) is 10.4. The zero-order valence-corrected chi connectivity index (χ0v) is 28.4. The molecule has 11 aromatic rings. The van der Waals surface area contributed by atoms with E-state index in [4.69, 9.17) is 8.83 Å². The fourth-order valence-corrected chi connectivity index (χ4v) is 7.89. The van der Waals surface area contributed by atoms with Crippen molar-refractivity contribution in [3.05, 3.63) is 176 Å². The number of hydrogen-bond acceptors (Lipinski definition) is 5. The van der Waals surface area contributed by atoms with E-state index in [0.29, 0.717) is 0 Å². The SMILES string of the molecule is c1ccc2c(c1)cc(N(c1ccc(-c3ccnc4c3oc3ccccc34)cc1)c1ccc(-c3ccnc4c3oc3ccccc34)cc1)c1ccccc12. The average molecular weight is 680 g/mol. The van der Waals surface area contributed by atoms with E-state index in [1.165, 1.54) is 21.5 Å². The number of rotatable bonds is 5. The number of furan rings is 2. The van der Waals surface area contributed by atoms with Crippen molar-refractivity contribution in [3.8, 4) is 22.3 Å². The van der Waals surface area contributed by atoms with E-state index in [1.54, 1.807) is 0 Å². The molecule has 5 nitrogen and oxygen atoms in total. The summed E-state index contributed by atoms with van der Waals surface area (Å²) in [6, 6.07) is 57.3. The Kier molecular flexibility index (Phi) is 6.48. The van der Waals surface area contributed by atoms with Crippen LogP contribution in [0.3, 0.4) is 0 Å². The summed E-state index contributed by atoms with van der Waals surface area (Å²) in [5, 5.41) is 6.85. The number of pyridine rings is 2. The Labute approximate surface area is 304 Å². The van der Waals surface area contributed by atoms with E-state index in [1.807, 2.05) is 60.9 Å². The van der Waals surface area contributed by atoms with Crippen molar-refractivity contribution in [2.24, 2.45) is 0 Å². The lowest BCUT2D eigenvalue weighted by Crippen LogP contribution is -2.10. The van der Waals surface area contributed by atoms with Crippen LogP contribution in [-0.2, 0) is 0 Å². The molecule has 0 amide bonds. The lowest BCUT2D eigenvalue weighted by atomic mass is 9.98. The fourth-order valence-electron chi connectivity index (χ4n) is 7.89. The van der Waals surface area contributed by atoms with Crippen molar-refractivity contribution in [1.29, 1.82) is 0 Å². The van der Waals surface area contributed by atoms with Gasteiger partial charge < -0.3 is 13.7 Å². The number of para-hydroxylation sites is 2. The maximum atomic E-state index is 6.35. The van der Waals surface area contributed by atoms with Gasteiger partial charge in [-0.2, -0.15) is 0 Å². The first-order chi connectivity index (χ1) is 26.3. The zero-order chi connectivity index (χ0) is 34.9. The largest absolute Gasteiger partial charge is 0.454 e. The van der Waals surface area contributed by atoms with E-state index in [2.05, 4.69) is 130 Å². The molecule has 0 fully saturated rings. The van der Waals surface area contributed by atoms with Crippen LogP contribution in [0.2, 0.25) is 0 Å². The number of fused-ring (bicyclic) bond motifs is 9. The summed E-state index contributed by atoms with van der Waals surface area (Å²) in [5.41, 5.74) is 12.4. The number of hydrogen-bond donors (Lipinski definition) is 0. The van der Waals surface area contributed by atoms with Crippen molar-refractivity contribution in [3.63, 3.8) is 0 Å². The highest BCUT2D eigenvalue weighted by Crippen LogP contribution is 2.44. The van der Waals surface area contributed by atoms with Gasteiger partial charge in [0.25, 0.3) is 0 Å². The molecule has 0 saturated heterocycles. The Hall–Kier alpha value is -7.24. The van der Waals surface area contributed by atoms with Gasteiger partial charge in [-0.05, 0) is 94.0 Å². The van der Waals surface area contributed by atoms with E-state index in [9.17, 15) is 0 Å². The van der Waals surface area contributed by atoms with E-state index in [-0.39, 0.29) is 0 Å². The maximum Gasteiger partial charge on any atom is 0.161 e. The second kappa shape index (κ2) is 11.7. The van der Waals surface area contributed by atoms with Crippen LogP contribution in [0.15, 0.2) is 185 Å². The van der Waals surface area contributed by atoms with E-state index >= 15 is 0 Å². The first-order valence-electron chi connectivity index (χ1n) is 17.7. The summed E-state index contributed by atoms with van der Waals surface area (Å²) in [6.45, 7) is 0. The Morgan fingerprint density at radius 2 is 0.849 bits per heavy atom. The standard InChI is InChI=1S/C48H29N3O2/c1-2-10-35-32(9-1)29-42(39-12-4-3-11-38(35)39)51(33-21-17-30(18-22-33)36-25-27-49-45-40-13-5-7-15-43(40)52-47(36)45)34-23-19-31(20-24-34)37-26-28-50-46-41-14-6-8-16-44(41)53-48(37)46/h1-29H. The molecule has 53 heavy (non-hydrogen) atoms. The molecular weight excluding hydrogens is 651 g/mol. The topological polar surface area (TPSA) is 55.3 Å². The van der Waals surface area contributed by atoms with Crippen molar-refractivity contribution in [2.75, 3.05) is 4.90 Å². The van der Waals surface area contributed by atoms with Gasteiger partial charge in [0.15, 0.2) is 11.2 Å². The first kappa shape index (κ1) is 29.5. The Bertz CT molecular complexity index is 3020.